The molecule has 0 aliphatic carbocycles. The number of esters is 1. The van der Waals surface area contributed by atoms with Gasteiger partial charge in [-0.2, -0.15) is 0 Å². The van der Waals surface area contributed by atoms with Crippen LogP contribution in [0.5, 0.6) is 0 Å². The minimum absolute atomic E-state index is 0.0316. The molecule has 0 unspecified atom stereocenters. The summed E-state index contributed by atoms with van der Waals surface area (Å²) in [6, 6.07) is 0. The van der Waals surface area contributed by atoms with Crippen LogP contribution in [0.15, 0.2) is 59.3 Å². The molecule has 7 nitrogen and oxygen atoms in total. The summed E-state index contributed by atoms with van der Waals surface area (Å²) in [6.45, 7) is 16.6. The fourth-order valence-electron chi connectivity index (χ4n) is 5.23. The third-order valence-corrected chi connectivity index (χ3v) is 8.19. The maximum atomic E-state index is 13.2. The van der Waals surface area contributed by atoms with Crippen LogP contribution in [0, 0.1) is 29.6 Å². The Labute approximate surface area is 247 Å². The molecule has 0 fully saturated rings. The SMILES string of the molecule is CC[C@@H](O)[C@H](C)/C=C/C(=O)[C@H](C)[C@@H](O)[C@@H](C)[C@H]1OC(=O)/C(C)=C/C(C)=C/[C@H](C)[C@@H](O)[C@H](C)C/C(C)=C/C=C/[C@H]1OC. The van der Waals surface area contributed by atoms with Gasteiger partial charge in [0.05, 0.1) is 18.3 Å². The molecule has 0 radical (unpaired) electrons. The monoisotopic (exact) mass is 574 g/mol. The first-order valence-corrected chi connectivity index (χ1v) is 14.8. The Morgan fingerprint density at radius 2 is 1.80 bits per heavy atom. The number of methoxy groups -OCH3 is 1. The predicted octanol–water partition coefficient (Wildman–Crippen LogP) is 5.51. The number of aliphatic hydroxyl groups excluding tert-OH is 3. The van der Waals surface area contributed by atoms with Crippen LogP contribution in [0.2, 0.25) is 0 Å². The van der Waals surface area contributed by atoms with E-state index in [0.29, 0.717) is 18.4 Å². The van der Waals surface area contributed by atoms with Gasteiger partial charge in [0.25, 0.3) is 0 Å². The van der Waals surface area contributed by atoms with Crippen molar-refractivity contribution >= 4 is 11.8 Å². The first kappa shape index (κ1) is 36.7. The van der Waals surface area contributed by atoms with Crippen molar-refractivity contribution < 1.29 is 34.4 Å². The van der Waals surface area contributed by atoms with Gasteiger partial charge >= 0.3 is 5.97 Å². The molecule has 0 aromatic carbocycles. The largest absolute Gasteiger partial charge is 0.456 e. The van der Waals surface area contributed by atoms with Gasteiger partial charge in [0.15, 0.2) is 5.78 Å². The summed E-state index contributed by atoms with van der Waals surface area (Å²) in [5.41, 5.74) is 2.28. The van der Waals surface area contributed by atoms with Crippen molar-refractivity contribution in [2.45, 2.75) is 106 Å². The lowest BCUT2D eigenvalue weighted by molar-refractivity contribution is -0.158. The smallest absolute Gasteiger partial charge is 0.334 e. The fourth-order valence-corrected chi connectivity index (χ4v) is 5.23. The minimum Gasteiger partial charge on any atom is -0.456 e. The topological polar surface area (TPSA) is 113 Å². The highest BCUT2D eigenvalue weighted by atomic mass is 16.6. The van der Waals surface area contributed by atoms with Gasteiger partial charge < -0.3 is 24.8 Å². The highest BCUT2D eigenvalue weighted by Crippen LogP contribution is 2.27. The number of ether oxygens (including phenoxy) is 2. The predicted molar refractivity (Wildman–Crippen MR) is 164 cm³/mol. The van der Waals surface area contributed by atoms with E-state index in [1.807, 2.05) is 59.8 Å². The first-order valence-electron chi connectivity index (χ1n) is 14.8. The van der Waals surface area contributed by atoms with Crippen molar-refractivity contribution in [2.24, 2.45) is 29.6 Å². The highest BCUT2D eigenvalue weighted by molar-refractivity contribution is 5.92. The van der Waals surface area contributed by atoms with Crippen molar-refractivity contribution in [2.75, 3.05) is 7.11 Å². The van der Waals surface area contributed by atoms with Gasteiger partial charge in [-0.05, 0) is 51.7 Å². The van der Waals surface area contributed by atoms with E-state index in [9.17, 15) is 24.9 Å². The summed E-state index contributed by atoms with van der Waals surface area (Å²) in [5.74, 6) is -2.52. The molecule has 0 saturated carbocycles. The Morgan fingerprint density at radius 1 is 1.17 bits per heavy atom. The van der Waals surface area contributed by atoms with Gasteiger partial charge in [0.2, 0.25) is 0 Å². The number of ketones is 1. The number of carbonyl (C=O) groups excluding carboxylic acids is 2. The summed E-state index contributed by atoms with van der Waals surface area (Å²) in [7, 11) is 1.51. The van der Waals surface area contributed by atoms with E-state index in [1.54, 1.807) is 39.0 Å². The van der Waals surface area contributed by atoms with E-state index in [2.05, 4.69) is 0 Å². The lowest BCUT2D eigenvalue weighted by Gasteiger charge is -2.33. The maximum Gasteiger partial charge on any atom is 0.334 e. The zero-order valence-electron chi connectivity index (χ0n) is 26.7. The second kappa shape index (κ2) is 17.6. The molecule has 3 N–H and O–H groups in total. The second-order valence-electron chi connectivity index (χ2n) is 12.0. The molecule has 1 aliphatic heterocycles. The Morgan fingerprint density at radius 3 is 2.39 bits per heavy atom. The van der Waals surface area contributed by atoms with E-state index in [-0.39, 0.29) is 23.5 Å². The standard InChI is InChI=1S/C34H54O7/c1-11-28(35)22(4)15-16-29(36)26(8)32(38)27(9)33-30(40-10)14-12-13-20(2)17-23(5)31(37)24(6)18-21(3)19-25(7)34(39)41-33/h12-16,18-19,22-24,26-28,30-33,35,37-38H,11,17H2,1-10H3/b14-12+,16-15+,20-13+,21-18+,25-19+/t22-,23-,24+,26+,27-,28-,30-,31+,32-,33-/m1/s1. The Kier molecular flexibility index (Phi) is 15.8. The van der Waals surface area contributed by atoms with Crippen LogP contribution in [0.1, 0.15) is 75.2 Å². The molecule has 1 rings (SSSR count). The summed E-state index contributed by atoms with van der Waals surface area (Å²) in [5, 5.41) is 32.1. The molecule has 1 heterocycles. The molecule has 232 valence electrons. The zero-order chi connectivity index (χ0) is 31.4. The molecule has 0 amide bonds. The van der Waals surface area contributed by atoms with E-state index in [0.717, 1.165) is 11.1 Å². The maximum absolute atomic E-state index is 13.2. The number of hydrogen-bond donors (Lipinski definition) is 3. The number of rotatable bonds is 9. The van der Waals surface area contributed by atoms with Crippen molar-refractivity contribution in [1.29, 1.82) is 0 Å². The summed E-state index contributed by atoms with van der Waals surface area (Å²) in [4.78, 5) is 26.2. The van der Waals surface area contributed by atoms with E-state index in [4.69, 9.17) is 9.47 Å². The molecular formula is C34H54O7. The fraction of sp³-hybridized carbons (Fsp3) is 0.647. The average Bonchev–Trinajstić information content (AvgIpc) is 2.93. The Hall–Kier alpha value is -2.32. The number of cyclic esters (lactones) is 1. The van der Waals surface area contributed by atoms with Crippen molar-refractivity contribution in [3.8, 4) is 0 Å². The molecular weight excluding hydrogens is 520 g/mol. The van der Waals surface area contributed by atoms with Crippen LogP contribution in [-0.2, 0) is 19.1 Å². The van der Waals surface area contributed by atoms with Gasteiger partial charge in [-0.3, -0.25) is 4.79 Å². The van der Waals surface area contributed by atoms with Gasteiger partial charge in [-0.1, -0.05) is 83.1 Å². The third-order valence-electron chi connectivity index (χ3n) is 8.19. The van der Waals surface area contributed by atoms with E-state index >= 15 is 0 Å². The minimum atomic E-state index is -1.13. The summed E-state index contributed by atoms with van der Waals surface area (Å²) >= 11 is 0. The van der Waals surface area contributed by atoms with Crippen LogP contribution in [-0.4, -0.2) is 64.7 Å². The molecule has 0 spiro atoms. The first-order chi connectivity index (χ1) is 19.1. The van der Waals surface area contributed by atoms with Gasteiger partial charge in [0.1, 0.15) is 12.2 Å². The number of allylic oxidation sites excluding steroid dienone is 6. The average molecular weight is 575 g/mol. The molecule has 0 saturated heterocycles. The third kappa shape index (κ3) is 11.5. The summed E-state index contributed by atoms with van der Waals surface area (Å²) in [6.07, 6.45) is 9.82. The zero-order valence-corrected chi connectivity index (χ0v) is 26.7. The second-order valence-corrected chi connectivity index (χ2v) is 12.0. The molecule has 41 heavy (non-hydrogen) atoms. The van der Waals surface area contributed by atoms with Gasteiger partial charge in [-0.25, -0.2) is 4.79 Å². The lowest BCUT2D eigenvalue weighted by Crippen LogP contribution is -2.45. The normalized spacial score (nSPS) is 33.6. The van der Waals surface area contributed by atoms with E-state index in [1.165, 1.54) is 13.2 Å². The molecule has 10 atom stereocenters. The quantitative estimate of drug-likeness (QED) is 0.246. The molecule has 0 aromatic rings. The highest BCUT2D eigenvalue weighted by Gasteiger charge is 2.37. The Bertz CT molecular complexity index is 1000. The molecule has 1 aliphatic rings. The van der Waals surface area contributed by atoms with Crippen molar-refractivity contribution in [3.05, 3.63) is 59.3 Å². The van der Waals surface area contributed by atoms with Crippen molar-refractivity contribution in [1.82, 2.24) is 0 Å². The van der Waals surface area contributed by atoms with Crippen molar-refractivity contribution in [3.63, 3.8) is 0 Å². The Balaban J connectivity index is 3.41. The number of hydrogen-bond acceptors (Lipinski definition) is 7. The number of aliphatic hydroxyl groups is 3. The van der Waals surface area contributed by atoms with Crippen LogP contribution in [0.25, 0.3) is 0 Å². The molecule has 7 heteroatoms. The van der Waals surface area contributed by atoms with Gasteiger partial charge in [-0.15, -0.1) is 0 Å². The summed E-state index contributed by atoms with van der Waals surface area (Å²) < 4.78 is 11.7. The van der Waals surface area contributed by atoms with Crippen LogP contribution >= 0.6 is 0 Å². The van der Waals surface area contributed by atoms with Gasteiger partial charge in [0, 0.05) is 36.4 Å². The van der Waals surface area contributed by atoms with Crippen LogP contribution < -0.4 is 0 Å². The number of carbonyl (C=O) groups is 2. The molecule has 0 aromatic heterocycles. The van der Waals surface area contributed by atoms with Crippen LogP contribution in [0.4, 0.5) is 0 Å². The lowest BCUT2D eigenvalue weighted by atomic mass is 9.84. The molecule has 0 bridgehead atoms. The van der Waals surface area contributed by atoms with E-state index < -0.39 is 48.3 Å². The van der Waals surface area contributed by atoms with Crippen LogP contribution in [0.3, 0.4) is 0 Å².